The summed E-state index contributed by atoms with van der Waals surface area (Å²) in [6, 6.07) is 31.5. The fourth-order valence-electron chi connectivity index (χ4n) is 5.96. The van der Waals surface area contributed by atoms with E-state index in [-0.39, 0.29) is 13.3 Å². The fourth-order valence-corrected chi connectivity index (χ4v) is 5.96. The van der Waals surface area contributed by atoms with Crippen molar-refractivity contribution in [1.29, 1.82) is 0 Å². The molecule has 0 saturated carbocycles. The SMILES string of the molecule is C.C=CC.C=CCc1ccccc1Nc1ccc(C(c2ccc(N(CC)CC)cc2C)c2ccc(N(CC)CC)cc2C)cc1. The van der Waals surface area contributed by atoms with Crippen molar-refractivity contribution in [1.82, 2.24) is 0 Å². The lowest BCUT2D eigenvalue weighted by atomic mass is 9.81. The minimum Gasteiger partial charge on any atom is -0.372 e. The molecule has 0 heterocycles. The summed E-state index contributed by atoms with van der Waals surface area (Å²) in [4.78, 5) is 4.83. The van der Waals surface area contributed by atoms with Gasteiger partial charge in [0.1, 0.15) is 0 Å². The summed E-state index contributed by atoms with van der Waals surface area (Å²) in [6.45, 7) is 26.6. The molecule has 4 aromatic carbocycles. The Balaban J connectivity index is 0.00000169. The van der Waals surface area contributed by atoms with Gasteiger partial charge in [-0.1, -0.05) is 62.0 Å². The Morgan fingerprint density at radius 2 is 1.16 bits per heavy atom. The van der Waals surface area contributed by atoms with Gasteiger partial charge in [-0.2, -0.15) is 0 Å². The molecule has 3 heteroatoms. The van der Waals surface area contributed by atoms with E-state index < -0.39 is 0 Å². The molecule has 0 fully saturated rings. The molecule has 4 rings (SSSR count). The smallest absolute Gasteiger partial charge is 0.0419 e. The minimum absolute atomic E-state index is 0. The van der Waals surface area contributed by atoms with Crippen molar-refractivity contribution >= 4 is 22.7 Å². The molecule has 0 amide bonds. The number of para-hydroxylation sites is 1. The molecule has 0 aromatic heterocycles. The number of hydrogen-bond donors (Lipinski definition) is 1. The molecule has 0 radical (unpaired) electrons. The molecule has 0 aliphatic rings. The summed E-state index contributed by atoms with van der Waals surface area (Å²) in [5, 5.41) is 3.63. The third kappa shape index (κ3) is 9.38. The fraction of sp³-hybridized carbons (Fsp3) is 0.333. The molecule has 0 bridgehead atoms. The van der Waals surface area contributed by atoms with Crippen LogP contribution in [0, 0.1) is 13.8 Å². The van der Waals surface area contributed by atoms with Crippen LogP contribution >= 0.6 is 0 Å². The molecule has 45 heavy (non-hydrogen) atoms. The summed E-state index contributed by atoms with van der Waals surface area (Å²) < 4.78 is 0. The Hall–Kier alpha value is -4.24. The molecule has 0 saturated heterocycles. The highest BCUT2D eigenvalue weighted by atomic mass is 15.1. The lowest BCUT2D eigenvalue weighted by molar-refractivity contribution is 0.859. The van der Waals surface area contributed by atoms with Crippen LogP contribution in [-0.4, -0.2) is 26.2 Å². The first-order valence-electron chi connectivity index (χ1n) is 16.2. The van der Waals surface area contributed by atoms with Crippen molar-refractivity contribution in [2.24, 2.45) is 0 Å². The van der Waals surface area contributed by atoms with E-state index in [0.717, 1.165) is 44.0 Å². The topological polar surface area (TPSA) is 18.5 Å². The first-order chi connectivity index (χ1) is 21.3. The van der Waals surface area contributed by atoms with Gasteiger partial charge in [0.05, 0.1) is 0 Å². The molecular formula is C42H57N3. The van der Waals surface area contributed by atoms with Crippen LogP contribution in [-0.2, 0) is 6.42 Å². The first kappa shape index (κ1) is 36.9. The van der Waals surface area contributed by atoms with Gasteiger partial charge in [0.2, 0.25) is 0 Å². The molecule has 1 N–H and O–H groups in total. The Labute approximate surface area is 275 Å². The second-order valence-electron chi connectivity index (χ2n) is 11.2. The quantitative estimate of drug-likeness (QED) is 0.121. The normalized spacial score (nSPS) is 10.3. The zero-order valence-corrected chi connectivity index (χ0v) is 28.2. The molecule has 3 nitrogen and oxygen atoms in total. The van der Waals surface area contributed by atoms with E-state index in [4.69, 9.17) is 0 Å². The van der Waals surface area contributed by atoms with Crippen molar-refractivity contribution in [3.05, 3.63) is 144 Å². The number of nitrogens with zero attached hydrogens (tertiary/aromatic N) is 2. The van der Waals surface area contributed by atoms with Crippen molar-refractivity contribution in [2.45, 2.75) is 68.2 Å². The van der Waals surface area contributed by atoms with Gasteiger partial charge in [0.25, 0.3) is 0 Å². The van der Waals surface area contributed by atoms with Gasteiger partial charge in [-0.25, -0.2) is 0 Å². The number of anilines is 4. The summed E-state index contributed by atoms with van der Waals surface area (Å²) in [5.41, 5.74) is 12.7. The number of nitrogens with one attached hydrogen (secondary N) is 1. The van der Waals surface area contributed by atoms with Crippen LogP contribution in [0.2, 0.25) is 0 Å². The zero-order valence-electron chi connectivity index (χ0n) is 28.2. The van der Waals surface area contributed by atoms with Crippen LogP contribution < -0.4 is 15.1 Å². The van der Waals surface area contributed by atoms with Crippen LogP contribution in [0.15, 0.2) is 110 Å². The van der Waals surface area contributed by atoms with Crippen LogP contribution in [0.25, 0.3) is 0 Å². The van der Waals surface area contributed by atoms with Gasteiger partial charge in [-0.3, -0.25) is 0 Å². The maximum atomic E-state index is 3.92. The molecule has 4 aromatic rings. The van der Waals surface area contributed by atoms with Gasteiger partial charge < -0.3 is 15.1 Å². The molecule has 0 aliphatic carbocycles. The third-order valence-corrected chi connectivity index (χ3v) is 8.29. The van der Waals surface area contributed by atoms with Crippen LogP contribution in [0.4, 0.5) is 22.7 Å². The monoisotopic (exact) mass is 603 g/mol. The van der Waals surface area contributed by atoms with Crippen LogP contribution in [0.3, 0.4) is 0 Å². The van der Waals surface area contributed by atoms with Gasteiger partial charge in [0.15, 0.2) is 0 Å². The maximum absolute atomic E-state index is 3.92. The average molecular weight is 604 g/mol. The van der Waals surface area contributed by atoms with Crippen molar-refractivity contribution < 1.29 is 0 Å². The van der Waals surface area contributed by atoms with E-state index >= 15 is 0 Å². The van der Waals surface area contributed by atoms with Crippen LogP contribution in [0.1, 0.15) is 81.3 Å². The Bertz CT molecular complexity index is 1420. The van der Waals surface area contributed by atoms with Gasteiger partial charge >= 0.3 is 0 Å². The molecule has 0 atom stereocenters. The highest BCUT2D eigenvalue weighted by molar-refractivity contribution is 5.65. The summed E-state index contributed by atoms with van der Waals surface area (Å²) in [6.07, 6.45) is 4.55. The van der Waals surface area contributed by atoms with E-state index in [1.165, 1.54) is 44.8 Å². The lowest BCUT2D eigenvalue weighted by Gasteiger charge is -2.27. The zero-order chi connectivity index (χ0) is 32.1. The van der Waals surface area contributed by atoms with Crippen LogP contribution in [0.5, 0.6) is 0 Å². The molecule has 0 spiro atoms. The molecule has 240 valence electrons. The van der Waals surface area contributed by atoms with Gasteiger partial charge in [-0.05, 0) is 131 Å². The molecule has 0 aliphatic heterocycles. The first-order valence-corrected chi connectivity index (χ1v) is 16.2. The van der Waals surface area contributed by atoms with E-state index in [1.807, 2.05) is 13.0 Å². The maximum Gasteiger partial charge on any atom is 0.0419 e. The lowest BCUT2D eigenvalue weighted by Crippen LogP contribution is -2.22. The number of rotatable bonds is 13. The number of aryl methyl sites for hydroxylation is 2. The predicted molar refractivity (Wildman–Crippen MR) is 203 cm³/mol. The van der Waals surface area contributed by atoms with Gasteiger partial charge in [-0.15, -0.1) is 13.2 Å². The highest BCUT2D eigenvalue weighted by Gasteiger charge is 2.22. The van der Waals surface area contributed by atoms with Crippen molar-refractivity contribution in [3.8, 4) is 0 Å². The summed E-state index contributed by atoms with van der Waals surface area (Å²) >= 11 is 0. The van der Waals surface area contributed by atoms with E-state index in [0.29, 0.717) is 0 Å². The standard InChI is InChI=1S/C38H47N3.C3H6.CH4/c1-8-15-30-16-13-14-17-37(30)39-32-20-18-31(19-21-32)38(35-24-22-33(26-28(35)6)40(9-2)10-3)36-25-23-34(27-29(36)7)41(11-4)12-5;1-3-2;/h8,13-14,16-27,38-39H,1,9-12,15H2,2-7H3;3H,1H2,2H3;1H4. The second kappa shape index (κ2) is 18.5. The van der Waals surface area contributed by atoms with Gasteiger partial charge in [0, 0.05) is 54.8 Å². The number of hydrogen-bond acceptors (Lipinski definition) is 3. The van der Waals surface area contributed by atoms with E-state index in [2.05, 4.69) is 155 Å². The highest BCUT2D eigenvalue weighted by Crippen LogP contribution is 2.38. The van der Waals surface area contributed by atoms with Crippen molar-refractivity contribution in [2.75, 3.05) is 41.3 Å². The molecular weight excluding hydrogens is 546 g/mol. The number of benzene rings is 4. The average Bonchev–Trinajstić information content (AvgIpc) is 3.02. The Kier molecular flexibility index (Phi) is 15.2. The predicted octanol–water partition coefficient (Wildman–Crippen LogP) is 11.5. The summed E-state index contributed by atoms with van der Waals surface area (Å²) in [7, 11) is 0. The second-order valence-corrected chi connectivity index (χ2v) is 11.2. The largest absolute Gasteiger partial charge is 0.372 e. The number of allylic oxidation sites excluding steroid dienone is 2. The summed E-state index contributed by atoms with van der Waals surface area (Å²) in [5.74, 6) is 0.147. The Morgan fingerprint density at radius 1 is 0.689 bits per heavy atom. The molecule has 0 unspecified atom stereocenters. The van der Waals surface area contributed by atoms with E-state index in [1.54, 1.807) is 6.08 Å². The van der Waals surface area contributed by atoms with Crippen molar-refractivity contribution in [3.63, 3.8) is 0 Å². The van der Waals surface area contributed by atoms with E-state index in [9.17, 15) is 0 Å². The third-order valence-electron chi connectivity index (χ3n) is 8.29. The Morgan fingerprint density at radius 3 is 1.58 bits per heavy atom. The minimum atomic E-state index is 0.